The molecule has 7 heteroatoms. The Bertz CT molecular complexity index is 931. The largest absolute Gasteiger partial charge is 0.365 e. The van der Waals surface area contributed by atoms with E-state index >= 15 is 0 Å². The first-order valence-electron chi connectivity index (χ1n) is 8.20. The van der Waals surface area contributed by atoms with Crippen molar-refractivity contribution in [2.45, 2.75) is 6.54 Å². The number of thiophene rings is 1. The van der Waals surface area contributed by atoms with Gasteiger partial charge >= 0.3 is 0 Å². The molecule has 1 aromatic carbocycles. The molecule has 26 heavy (non-hydrogen) atoms. The molecule has 1 aliphatic rings. The van der Waals surface area contributed by atoms with Gasteiger partial charge in [0.1, 0.15) is 5.82 Å². The highest BCUT2D eigenvalue weighted by molar-refractivity contribution is 8.03. The second-order valence-corrected chi connectivity index (χ2v) is 8.25. The average molecular weight is 401 g/mol. The Labute approximate surface area is 165 Å². The van der Waals surface area contributed by atoms with Crippen molar-refractivity contribution >= 4 is 46.6 Å². The van der Waals surface area contributed by atoms with E-state index < -0.39 is 0 Å². The Kier molecular flexibility index (Phi) is 5.55. The van der Waals surface area contributed by atoms with E-state index in [9.17, 15) is 0 Å². The van der Waals surface area contributed by atoms with Crippen molar-refractivity contribution in [2.75, 3.05) is 17.7 Å². The molecular formula is C19H17ClN4S2. The van der Waals surface area contributed by atoms with E-state index in [2.05, 4.69) is 38.1 Å². The second kappa shape index (κ2) is 8.22. The molecule has 0 radical (unpaired) electrons. The van der Waals surface area contributed by atoms with Gasteiger partial charge in [0.25, 0.3) is 0 Å². The van der Waals surface area contributed by atoms with Gasteiger partial charge in [0.05, 0.1) is 18.1 Å². The number of aromatic nitrogens is 2. The Morgan fingerprint density at radius 1 is 1.27 bits per heavy atom. The molecule has 1 aliphatic heterocycles. The van der Waals surface area contributed by atoms with Crippen LogP contribution >= 0.6 is 34.7 Å². The van der Waals surface area contributed by atoms with Gasteiger partial charge in [-0.1, -0.05) is 29.8 Å². The molecule has 1 fully saturated rings. The molecule has 0 spiro atoms. The summed E-state index contributed by atoms with van der Waals surface area (Å²) in [5.74, 6) is 1.73. The number of nitrogens with zero attached hydrogens (tertiary/aromatic N) is 2. The lowest BCUT2D eigenvalue weighted by Crippen LogP contribution is -2.04. The quantitative estimate of drug-likeness (QED) is 0.623. The van der Waals surface area contributed by atoms with Gasteiger partial charge in [0.15, 0.2) is 0 Å². The molecule has 0 amide bonds. The Hall–Kier alpha value is -1.86. The maximum atomic E-state index is 6.20. The SMILES string of the molecule is Clc1ccccc1CNc1cncc(-c2csc(C=C3CNCS3)c2)n1. The Balaban J connectivity index is 1.48. The minimum atomic E-state index is 0.614. The van der Waals surface area contributed by atoms with Crippen LogP contribution in [0.4, 0.5) is 5.82 Å². The van der Waals surface area contributed by atoms with Crippen LogP contribution in [0.2, 0.25) is 5.02 Å². The molecule has 0 atom stereocenters. The van der Waals surface area contributed by atoms with Crippen LogP contribution in [0.5, 0.6) is 0 Å². The summed E-state index contributed by atoms with van der Waals surface area (Å²) < 4.78 is 0. The smallest absolute Gasteiger partial charge is 0.145 e. The zero-order valence-corrected chi connectivity index (χ0v) is 16.3. The normalized spacial score (nSPS) is 15.5. The number of anilines is 1. The number of hydrogen-bond donors (Lipinski definition) is 2. The summed E-state index contributed by atoms with van der Waals surface area (Å²) in [5, 5.41) is 9.50. The molecule has 132 valence electrons. The van der Waals surface area contributed by atoms with Crippen molar-refractivity contribution in [1.82, 2.24) is 15.3 Å². The summed E-state index contributed by atoms with van der Waals surface area (Å²) in [6.45, 7) is 1.57. The van der Waals surface area contributed by atoms with Crippen molar-refractivity contribution in [3.8, 4) is 11.3 Å². The summed E-state index contributed by atoms with van der Waals surface area (Å²) in [7, 11) is 0. The van der Waals surface area contributed by atoms with E-state index in [-0.39, 0.29) is 0 Å². The number of benzene rings is 1. The zero-order chi connectivity index (χ0) is 17.8. The molecule has 4 rings (SSSR count). The molecule has 0 saturated carbocycles. The van der Waals surface area contributed by atoms with Gasteiger partial charge in [-0.05, 0) is 23.8 Å². The van der Waals surface area contributed by atoms with E-state index in [1.54, 1.807) is 23.7 Å². The number of halogens is 1. The highest BCUT2D eigenvalue weighted by Gasteiger charge is 2.09. The van der Waals surface area contributed by atoms with Gasteiger partial charge in [0, 0.05) is 44.7 Å². The van der Waals surface area contributed by atoms with Crippen LogP contribution in [-0.2, 0) is 6.54 Å². The maximum Gasteiger partial charge on any atom is 0.145 e. The fraction of sp³-hybridized carbons (Fsp3) is 0.158. The van der Waals surface area contributed by atoms with E-state index in [0.717, 1.165) is 40.1 Å². The minimum absolute atomic E-state index is 0.614. The van der Waals surface area contributed by atoms with E-state index in [1.165, 1.54) is 9.78 Å². The molecular weight excluding hydrogens is 384 g/mol. The number of rotatable bonds is 5. The molecule has 2 aromatic heterocycles. The fourth-order valence-electron chi connectivity index (χ4n) is 2.60. The molecule has 3 heterocycles. The maximum absolute atomic E-state index is 6.20. The molecule has 1 saturated heterocycles. The van der Waals surface area contributed by atoms with Gasteiger partial charge in [-0.3, -0.25) is 4.98 Å². The van der Waals surface area contributed by atoms with Gasteiger partial charge in [-0.15, -0.1) is 23.1 Å². The van der Waals surface area contributed by atoms with E-state index in [4.69, 9.17) is 11.6 Å². The second-order valence-electron chi connectivity index (χ2n) is 5.80. The minimum Gasteiger partial charge on any atom is -0.365 e. The lowest BCUT2D eigenvalue weighted by atomic mass is 10.2. The third kappa shape index (κ3) is 4.27. The number of hydrogen-bond acceptors (Lipinski definition) is 6. The molecule has 2 N–H and O–H groups in total. The highest BCUT2D eigenvalue weighted by atomic mass is 35.5. The predicted octanol–water partition coefficient (Wildman–Crippen LogP) is 5.11. The van der Waals surface area contributed by atoms with Gasteiger partial charge < -0.3 is 10.6 Å². The first-order chi connectivity index (χ1) is 12.8. The van der Waals surface area contributed by atoms with Crippen molar-refractivity contribution in [3.05, 3.63) is 68.5 Å². The van der Waals surface area contributed by atoms with Crippen molar-refractivity contribution < 1.29 is 0 Å². The van der Waals surface area contributed by atoms with Crippen molar-refractivity contribution in [3.63, 3.8) is 0 Å². The standard InChI is InChI=1S/C19H17ClN4S2/c20-17-4-2-1-3-13(17)7-23-19-10-21-9-18(24-19)14-5-15(25-11-14)6-16-8-22-12-26-16/h1-6,9-11,22H,7-8,12H2,(H,23,24). The molecule has 0 aliphatic carbocycles. The molecule has 0 unspecified atom stereocenters. The van der Waals surface area contributed by atoms with Crippen molar-refractivity contribution in [2.24, 2.45) is 0 Å². The molecule has 3 aromatic rings. The van der Waals surface area contributed by atoms with Crippen LogP contribution < -0.4 is 10.6 Å². The third-order valence-corrected chi connectivity index (χ3v) is 6.16. The van der Waals surface area contributed by atoms with E-state index in [1.807, 2.05) is 36.0 Å². The summed E-state index contributed by atoms with van der Waals surface area (Å²) in [5.41, 5.74) is 2.99. The van der Waals surface area contributed by atoms with Crippen LogP contribution in [0.1, 0.15) is 10.4 Å². The molecule has 4 nitrogen and oxygen atoms in total. The lowest BCUT2D eigenvalue weighted by Gasteiger charge is -2.08. The summed E-state index contributed by atoms with van der Waals surface area (Å²) >= 11 is 9.79. The first-order valence-corrected chi connectivity index (χ1v) is 10.4. The predicted molar refractivity (Wildman–Crippen MR) is 113 cm³/mol. The van der Waals surface area contributed by atoms with Crippen LogP contribution in [-0.4, -0.2) is 22.4 Å². The first kappa shape index (κ1) is 17.5. The monoisotopic (exact) mass is 400 g/mol. The number of thioether (sulfide) groups is 1. The van der Waals surface area contributed by atoms with Gasteiger partial charge in [0.2, 0.25) is 0 Å². The highest BCUT2D eigenvalue weighted by Crippen LogP contribution is 2.29. The lowest BCUT2D eigenvalue weighted by molar-refractivity contribution is 0.916. The Morgan fingerprint density at radius 2 is 2.19 bits per heavy atom. The van der Waals surface area contributed by atoms with Crippen LogP contribution in [0.3, 0.4) is 0 Å². The fourth-order valence-corrected chi connectivity index (χ4v) is 4.54. The summed E-state index contributed by atoms with van der Waals surface area (Å²) in [4.78, 5) is 11.6. The van der Waals surface area contributed by atoms with Crippen LogP contribution in [0.25, 0.3) is 17.3 Å². The van der Waals surface area contributed by atoms with Gasteiger partial charge in [-0.2, -0.15) is 0 Å². The topological polar surface area (TPSA) is 49.8 Å². The van der Waals surface area contributed by atoms with Gasteiger partial charge in [-0.25, -0.2) is 4.98 Å². The number of nitrogens with one attached hydrogen (secondary N) is 2. The average Bonchev–Trinajstić information content (AvgIpc) is 3.34. The Morgan fingerprint density at radius 3 is 3.04 bits per heavy atom. The summed E-state index contributed by atoms with van der Waals surface area (Å²) in [6, 6.07) is 9.96. The zero-order valence-electron chi connectivity index (χ0n) is 13.9. The summed E-state index contributed by atoms with van der Waals surface area (Å²) in [6.07, 6.45) is 5.77. The van der Waals surface area contributed by atoms with Crippen molar-refractivity contribution in [1.29, 1.82) is 0 Å². The molecule has 0 bridgehead atoms. The van der Waals surface area contributed by atoms with Crippen LogP contribution in [0, 0.1) is 0 Å². The third-order valence-electron chi connectivity index (χ3n) is 3.93. The van der Waals surface area contributed by atoms with Crippen LogP contribution in [0.15, 0.2) is 53.0 Å². The van der Waals surface area contributed by atoms with E-state index in [0.29, 0.717) is 6.54 Å².